The van der Waals surface area contributed by atoms with Gasteiger partial charge in [0.1, 0.15) is 6.33 Å². The third-order valence-corrected chi connectivity index (χ3v) is 2.12. The largest absolute Gasteiger partial charge is 0.273 e. The van der Waals surface area contributed by atoms with Gasteiger partial charge in [0.05, 0.1) is 5.69 Å². The van der Waals surface area contributed by atoms with Crippen molar-refractivity contribution in [2.75, 3.05) is 0 Å². The Bertz CT molecular complexity index is 587. The summed E-state index contributed by atoms with van der Waals surface area (Å²) in [6.07, 6.45) is 7.01. The summed E-state index contributed by atoms with van der Waals surface area (Å²) in [7, 11) is 0. The summed E-state index contributed by atoms with van der Waals surface area (Å²) in [5.74, 6) is 0.594. The highest BCUT2D eigenvalue weighted by Crippen LogP contribution is 2.14. The number of aromatic nitrogens is 5. The maximum absolute atomic E-state index is 4.35. The summed E-state index contributed by atoms with van der Waals surface area (Å²) in [6.45, 7) is 0. The van der Waals surface area contributed by atoms with Gasteiger partial charge in [-0.15, -0.1) is 10.2 Å². The summed E-state index contributed by atoms with van der Waals surface area (Å²) in [6, 6.07) is 5.75. The second-order valence-corrected chi connectivity index (χ2v) is 3.09. The van der Waals surface area contributed by atoms with Gasteiger partial charge < -0.3 is 0 Å². The SMILES string of the molecule is c1cncc(-c2ccn3cnnc3n2)c1. The third kappa shape index (κ3) is 1.34. The molecule has 0 N–H and O–H groups in total. The van der Waals surface area contributed by atoms with Crippen LogP contribution in [0.15, 0.2) is 43.1 Å². The van der Waals surface area contributed by atoms with E-state index in [1.54, 1.807) is 23.1 Å². The van der Waals surface area contributed by atoms with E-state index in [9.17, 15) is 0 Å². The highest BCUT2D eigenvalue weighted by molar-refractivity contribution is 5.58. The van der Waals surface area contributed by atoms with Crippen LogP contribution in [0.2, 0.25) is 0 Å². The van der Waals surface area contributed by atoms with Crippen molar-refractivity contribution in [2.24, 2.45) is 0 Å². The first-order valence-corrected chi connectivity index (χ1v) is 4.50. The molecule has 0 fully saturated rings. The number of rotatable bonds is 1. The van der Waals surface area contributed by atoms with E-state index in [1.807, 2.05) is 24.4 Å². The molecule has 3 heterocycles. The summed E-state index contributed by atoms with van der Waals surface area (Å²) < 4.78 is 1.76. The van der Waals surface area contributed by atoms with E-state index in [-0.39, 0.29) is 0 Å². The molecule has 0 aliphatic carbocycles. The van der Waals surface area contributed by atoms with Crippen molar-refractivity contribution < 1.29 is 0 Å². The second-order valence-electron chi connectivity index (χ2n) is 3.09. The van der Waals surface area contributed by atoms with Crippen LogP contribution in [0.1, 0.15) is 0 Å². The lowest BCUT2D eigenvalue weighted by Crippen LogP contribution is -1.90. The molecule has 72 valence electrons. The fourth-order valence-corrected chi connectivity index (χ4v) is 1.39. The van der Waals surface area contributed by atoms with Crippen LogP contribution >= 0.6 is 0 Å². The van der Waals surface area contributed by atoms with Crippen LogP contribution in [-0.2, 0) is 0 Å². The quantitative estimate of drug-likeness (QED) is 0.588. The van der Waals surface area contributed by atoms with Crippen LogP contribution in [0.3, 0.4) is 0 Å². The van der Waals surface area contributed by atoms with Crippen LogP contribution in [0.4, 0.5) is 0 Å². The van der Waals surface area contributed by atoms with Crippen molar-refractivity contribution in [1.29, 1.82) is 0 Å². The Labute approximate surface area is 85.5 Å². The van der Waals surface area contributed by atoms with Gasteiger partial charge in [-0.3, -0.25) is 9.38 Å². The van der Waals surface area contributed by atoms with E-state index in [0.29, 0.717) is 5.78 Å². The molecule has 0 atom stereocenters. The maximum Gasteiger partial charge on any atom is 0.255 e. The van der Waals surface area contributed by atoms with Crippen molar-refractivity contribution >= 4 is 5.78 Å². The lowest BCUT2D eigenvalue weighted by molar-refractivity contribution is 1.10. The Balaban J connectivity index is 2.19. The minimum atomic E-state index is 0.594. The fraction of sp³-hybridized carbons (Fsp3) is 0. The van der Waals surface area contributed by atoms with E-state index in [0.717, 1.165) is 11.3 Å². The molecule has 15 heavy (non-hydrogen) atoms. The zero-order chi connectivity index (χ0) is 10.1. The average molecular weight is 197 g/mol. The highest BCUT2D eigenvalue weighted by atomic mass is 15.3. The van der Waals surface area contributed by atoms with Gasteiger partial charge in [0.25, 0.3) is 5.78 Å². The van der Waals surface area contributed by atoms with Crippen molar-refractivity contribution in [1.82, 2.24) is 24.6 Å². The topological polar surface area (TPSA) is 56.0 Å². The maximum atomic E-state index is 4.35. The molecule has 0 spiro atoms. The first-order chi connectivity index (χ1) is 7.43. The van der Waals surface area contributed by atoms with Gasteiger partial charge in [0.2, 0.25) is 0 Å². The van der Waals surface area contributed by atoms with E-state index < -0.39 is 0 Å². The molecule has 0 aliphatic heterocycles. The standard InChI is InChI=1S/C10H7N5/c1-2-8(6-11-4-1)9-3-5-15-7-12-14-10(15)13-9/h1-7H. The number of fused-ring (bicyclic) bond motifs is 1. The highest BCUT2D eigenvalue weighted by Gasteiger charge is 2.01. The van der Waals surface area contributed by atoms with Crippen LogP contribution in [0, 0.1) is 0 Å². The summed E-state index contributed by atoms with van der Waals surface area (Å²) in [5, 5.41) is 7.66. The van der Waals surface area contributed by atoms with E-state index in [1.165, 1.54) is 0 Å². The van der Waals surface area contributed by atoms with Crippen molar-refractivity contribution in [3.63, 3.8) is 0 Å². The molecule has 0 saturated heterocycles. The molecule has 0 bridgehead atoms. The molecule has 3 rings (SSSR count). The third-order valence-electron chi connectivity index (χ3n) is 2.12. The second kappa shape index (κ2) is 3.13. The van der Waals surface area contributed by atoms with Crippen molar-refractivity contribution in [3.8, 4) is 11.3 Å². The number of pyridine rings is 1. The molecule has 0 radical (unpaired) electrons. The Morgan fingerprint density at radius 3 is 3.07 bits per heavy atom. The van der Waals surface area contributed by atoms with Crippen LogP contribution in [0.5, 0.6) is 0 Å². The molecule has 3 aromatic heterocycles. The Morgan fingerprint density at radius 1 is 1.20 bits per heavy atom. The molecular weight excluding hydrogens is 190 g/mol. The summed E-state index contributed by atoms with van der Waals surface area (Å²) in [4.78, 5) is 8.40. The molecular formula is C10H7N5. The monoisotopic (exact) mass is 197 g/mol. The predicted octanol–water partition coefficient (Wildman–Crippen LogP) is 1.19. The molecule has 5 heteroatoms. The normalized spacial score (nSPS) is 10.7. The Morgan fingerprint density at radius 2 is 2.20 bits per heavy atom. The minimum absolute atomic E-state index is 0.594. The van der Waals surface area contributed by atoms with Gasteiger partial charge in [0.15, 0.2) is 0 Å². The van der Waals surface area contributed by atoms with E-state index >= 15 is 0 Å². The number of nitrogens with zero attached hydrogens (tertiary/aromatic N) is 5. The Kier molecular flexibility index (Phi) is 1.68. The first kappa shape index (κ1) is 8.05. The summed E-state index contributed by atoms with van der Waals surface area (Å²) >= 11 is 0. The van der Waals surface area contributed by atoms with Gasteiger partial charge >= 0.3 is 0 Å². The van der Waals surface area contributed by atoms with Crippen LogP contribution < -0.4 is 0 Å². The number of hydrogen-bond acceptors (Lipinski definition) is 4. The fourth-order valence-electron chi connectivity index (χ4n) is 1.39. The predicted molar refractivity (Wildman–Crippen MR) is 54.0 cm³/mol. The molecule has 0 saturated carbocycles. The molecule has 0 amide bonds. The molecule has 0 aliphatic rings. The average Bonchev–Trinajstić information content (AvgIpc) is 2.77. The lowest BCUT2D eigenvalue weighted by Gasteiger charge is -1.99. The molecule has 5 nitrogen and oxygen atoms in total. The Hall–Kier alpha value is -2.30. The molecule has 0 unspecified atom stereocenters. The van der Waals surface area contributed by atoms with Gasteiger partial charge in [-0.1, -0.05) is 0 Å². The van der Waals surface area contributed by atoms with E-state index in [2.05, 4.69) is 20.2 Å². The van der Waals surface area contributed by atoms with Gasteiger partial charge in [-0.25, -0.2) is 4.98 Å². The van der Waals surface area contributed by atoms with Gasteiger partial charge in [-0.05, 0) is 18.2 Å². The smallest absolute Gasteiger partial charge is 0.255 e. The molecule has 0 aromatic carbocycles. The van der Waals surface area contributed by atoms with Gasteiger partial charge in [-0.2, -0.15) is 0 Å². The van der Waals surface area contributed by atoms with Crippen molar-refractivity contribution in [3.05, 3.63) is 43.1 Å². The zero-order valence-electron chi connectivity index (χ0n) is 7.78. The zero-order valence-corrected chi connectivity index (χ0v) is 7.78. The van der Waals surface area contributed by atoms with E-state index in [4.69, 9.17) is 0 Å². The van der Waals surface area contributed by atoms with Crippen LogP contribution in [0.25, 0.3) is 17.0 Å². The number of hydrogen-bond donors (Lipinski definition) is 0. The van der Waals surface area contributed by atoms with Gasteiger partial charge in [0, 0.05) is 24.2 Å². The van der Waals surface area contributed by atoms with Crippen molar-refractivity contribution in [2.45, 2.75) is 0 Å². The summed E-state index contributed by atoms with van der Waals surface area (Å²) in [5.41, 5.74) is 1.83. The minimum Gasteiger partial charge on any atom is -0.273 e. The van der Waals surface area contributed by atoms with Crippen LogP contribution in [-0.4, -0.2) is 24.6 Å². The first-order valence-electron chi connectivity index (χ1n) is 4.50. The molecule has 3 aromatic rings. The lowest BCUT2D eigenvalue weighted by atomic mass is 10.2.